The van der Waals surface area contributed by atoms with E-state index in [0.29, 0.717) is 11.8 Å². The molecule has 10 nitrogen and oxygen atoms in total. The lowest BCUT2D eigenvalue weighted by molar-refractivity contribution is -0.384. The molecule has 0 amide bonds. The number of nitro groups is 1. The van der Waals surface area contributed by atoms with Crippen LogP contribution in [-0.4, -0.2) is 42.2 Å². The fourth-order valence-electron chi connectivity index (χ4n) is 3.03. The van der Waals surface area contributed by atoms with Crippen LogP contribution in [0.2, 0.25) is 0 Å². The van der Waals surface area contributed by atoms with Crippen molar-refractivity contribution in [2.45, 2.75) is 37.8 Å². The molecule has 1 aliphatic heterocycles. The third-order valence-electron chi connectivity index (χ3n) is 4.43. The van der Waals surface area contributed by atoms with Crippen molar-refractivity contribution in [1.82, 2.24) is 24.7 Å². The standard InChI is InChI=1S/C14H18N8O2/c1-20-8-16-19-13(20)10-3-2-6-21(10)14-15-7-11(22(23)24)12(18-14)17-9-4-5-9/h7-10H,2-6H2,1H3,(H,15,17,18). The molecule has 126 valence electrons. The summed E-state index contributed by atoms with van der Waals surface area (Å²) in [5.74, 6) is 1.65. The van der Waals surface area contributed by atoms with Gasteiger partial charge in [-0.15, -0.1) is 10.2 Å². The van der Waals surface area contributed by atoms with Crippen molar-refractivity contribution in [2.75, 3.05) is 16.8 Å². The Morgan fingerprint density at radius 1 is 1.38 bits per heavy atom. The summed E-state index contributed by atoms with van der Waals surface area (Å²) in [6.07, 6.45) is 6.91. The molecule has 0 bridgehead atoms. The lowest BCUT2D eigenvalue weighted by Crippen LogP contribution is -2.27. The Balaban J connectivity index is 1.67. The Morgan fingerprint density at radius 2 is 2.21 bits per heavy atom. The van der Waals surface area contributed by atoms with Crippen LogP contribution in [0.1, 0.15) is 37.5 Å². The third-order valence-corrected chi connectivity index (χ3v) is 4.43. The molecule has 1 N–H and O–H groups in total. The van der Waals surface area contributed by atoms with Gasteiger partial charge < -0.3 is 14.8 Å². The zero-order valence-electron chi connectivity index (χ0n) is 13.3. The number of nitrogens with zero attached hydrogens (tertiary/aromatic N) is 7. The fourth-order valence-corrected chi connectivity index (χ4v) is 3.03. The second kappa shape index (κ2) is 5.69. The first kappa shape index (κ1) is 14.8. The Hall–Kier alpha value is -2.78. The molecule has 1 saturated heterocycles. The molecule has 2 aromatic rings. The summed E-state index contributed by atoms with van der Waals surface area (Å²) in [6, 6.07) is 0.312. The first-order chi connectivity index (χ1) is 11.6. The molecule has 1 saturated carbocycles. The molecular weight excluding hydrogens is 312 g/mol. The molecule has 0 radical (unpaired) electrons. The van der Waals surface area contributed by atoms with Crippen LogP contribution in [0.4, 0.5) is 17.5 Å². The van der Waals surface area contributed by atoms with E-state index in [0.717, 1.165) is 38.1 Å². The number of hydrogen-bond donors (Lipinski definition) is 1. The summed E-state index contributed by atoms with van der Waals surface area (Å²) in [6.45, 7) is 0.790. The molecule has 3 heterocycles. The number of rotatable bonds is 5. The lowest BCUT2D eigenvalue weighted by Gasteiger charge is -2.24. The number of anilines is 2. The van der Waals surface area contributed by atoms with Crippen LogP contribution in [0.25, 0.3) is 0 Å². The van der Waals surface area contributed by atoms with Crippen LogP contribution < -0.4 is 10.2 Å². The maximum absolute atomic E-state index is 11.2. The highest BCUT2D eigenvalue weighted by atomic mass is 16.6. The number of nitrogens with one attached hydrogen (secondary N) is 1. The van der Waals surface area contributed by atoms with Gasteiger partial charge in [0.2, 0.25) is 11.8 Å². The van der Waals surface area contributed by atoms with Crippen LogP contribution in [0.5, 0.6) is 0 Å². The molecular formula is C14H18N8O2. The largest absolute Gasteiger partial charge is 0.361 e. The second-order valence-corrected chi connectivity index (χ2v) is 6.23. The van der Waals surface area contributed by atoms with Crippen LogP contribution in [0.3, 0.4) is 0 Å². The summed E-state index contributed by atoms with van der Waals surface area (Å²) in [5.41, 5.74) is -0.0833. The van der Waals surface area contributed by atoms with Gasteiger partial charge in [-0.25, -0.2) is 4.98 Å². The Labute approximate surface area is 138 Å². The lowest BCUT2D eigenvalue weighted by atomic mass is 10.2. The number of aromatic nitrogens is 5. The number of hydrogen-bond acceptors (Lipinski definition) is 8. The van der Waals surface area contributed by atoms with Gasteiger partial charge in [0.25, 0.3) is 0 Å². The van der Waals surface area contributed by atoms with Crippen LogP contribution >= 0.6 is 0 Å². The Kier molecular flexibility index (Phi) is 3.51. The molecule has 10 heteroatoms. The van der Waals surface area contributed by atoms with Gasteiger partial charge in [0, 0.05) is 19.6 Å². The van der Waals surface area contributed by atoms with E-state index in [1.165, 1.54) is 6.20 Å². The third kappa shape index (κ3) is 2.63. The van der Waals surface area contributed by atoms with E-state index < -0.39 is 4.92 Å². The monoisotopic (exact) mass is 330 g/mol. The van der Waals surface area contributed by atoms with Crippen molar-refractivity contribution < 1.29 is 4.92 Å². The van der Waals surface area contributed by atoms with Crippen molar-refractivity contribution in [1.29, 1.82) is 0 Å². The molecule has 2 aromatic heterocycles. The minimum absolute atomic E-state index is 0.0349. The first-order valence-corrected chi connectivity index (χ1v) is 8.02. The minimum Gasteiger partial charge on any atom is -0.361 e. The minimum atomic E-state index is -0.446. The average molecular weight is 330 g/mol. The van der Waals surface area contributed by atoms with Gasteiger partial charge in [0.05, 0.1) is 11.0 Å². The normalized spacial score (nSPS) is 20.4. The van der Waals surface area contributed by atoms with Crippen LogP contribution in [0.15, 0.2) is 12.5 Å². The topological polar surface area (TPSA) is 115 Å². The SMILES string of the molecule is Cn1cnnc1C1CCCN1c1ncc([N+](=O)[O-])c(NC2CC2)n1. The van der Waals surface area contributed by atoms with E-state index in [4.69, 9.17) is 0 Å². The van der Waals surface area contributed by atoms with Gasteiger partial charge >= 0.3 is 5.69 Å². The molecule has 0 spiro atoms. The maximum atomic E-state index is 11.2. The summed E-state index contributed by atoms with van der Waals surface area (Å²) in [4.78, 5) is 21.5. The molecule has 2 aliphatic rings. The Morgan fingerprint density at radius 3 is 2.88 bits per heavy atom. The average Bonchev–Trinajstić information content (AvgIpc) is 3.07. The molecule has 24 heavy (non-hydrogen) atoms. The van der Waals surface area contributed by atoms with E-state index >= 15 is 0 Å². The van der Waals surface area contributed by atoms with Crippen molar-refractivity contribution >= 4 is 17.5 Å². The zero-order chi connectivity index (χ0) is 16.7. The predicted octanol–water partition coefficient (Wildman–Crippen LogP) is 1.43. The van der Waals surface area contributed by atoms with E-state index in [9.17, 15) is 10.1 Å². The summed E-state index contributed by atoms with van der Waals surface area (Å²) >= 11 is 0. The van der Waals surface area contributed by atoms with Gasteiger partial charge in [-0.05, 0) is 25.7 Å². The maximum Gasteiger partial charge on any atom is 0.329 e. The van der Waals surface area contributed by atoms with Gasteiger partial charge in [-0.2, -0.15) is 4.98 Å². The summed E-state index contributed by atoms with van der Waals surface area (Å²) in [7, 11) is 1.91. The molecule has 1 atom stereocenters. The quantitative estimate of drug-likeness (QED) is 0.646. The second-order valence-electron chi connectivity index (χ2n) is 6.23. The highest BCUT2D eigenvalue weighted by molar-refractivity contribution is 5.58. The van der Waals surface area contributed by atoms with Gasteiger partial charge in [0.1, 0.15) is 12.5 Å². The van der Waals surface area contributed by atoms with Crippen molar-refractivity contribution in [3.05, 3.63) is 28.5 Å². The van der Waals surface area contributed by atoms with Crippen molar-refractivity contribution in [3.63, 3.8) is 0 Å². The highest BCUT2D eigenvalue weighted by Gasteiger charge is 2.33. The van der Waals surface area contributed by atoms with E-state index in [2.05, 4.69) is 25.5 Å². The zero-order valence-corrected chi connectivity index (χ0v) is 13.3. The molecule has 4 rings (SSSR count). The van der Waals surface area contributed by atoms with E-state index in [1.807, 2.05) is 16.5 Å². The van der Waals surface area contributed by atoms with Crippen molar-refractivity contribution in [3.8, 4) is 0 Å². The van der Waals surface area contributed by atoms with Gasteiger partial charge in [-0.1, -0.05) is 0 Å². The molecule has 1 unspecified atom stereocenters. The summed E-state index contributed by atoms with van der Waals surface area (Å²) < 4.78 is 1.89. The van der Waals surface area contributed by atoms with Gasteiger partial charge in [-0.3, -0.25) is 10.1 Å². The summed E-state index contributed by atoms with van der Waals surface area (Å²) in [5, 5.41) is 22.5. The van der Waals surface area contributed by atoms with Gasteiger partial charge in [0.15, 0.2) is 5.82 Å². The van der Waals surface area contributed by atoms with Crippen LogP contribution in [0, 0.1) is 10.1 Å². The van der Waals surface area contributed by atoms with E-state index in [-0.39, 0.29) is 17.8 Å². The number of aryl methyl sites for hydroxylation is 1. The fraction of sp³-hybridized carbons (Fsp3) is 0.571. The molecule has 1 aliphatic carbocycles. The molecule has 0 aromatic carbocycles. The smallest absolute Gasteiger partial charge is 0.329 e. The predicted molar refractivity (Wildman–Crippen MR) is 85.7 cm³/mol. The van der Waals surface area contributed by atoms with Crippen molar-refractivity contribution in [2.24, 2.45) is 7.05 Å². The Bertz CT molecular complexity index is 772. The highest BCUT2D eigenvalue weighted by Crippen LogP contribution is 2.35. The van der Waals surface area contributed by atoms with Crippen LogP contribution in [-0.2, 0) is 7.05 Å². The van der Waals surface area contributed by atoms with E-state index in [1.54, 1.807) is 6.33 Å². The molecule has 2 fully saturated rings. The first-order valence-electron chi connectivity index (χ1n) is 8.02.